The van der Waals surface area contributed by atoms with E-state index in [0.717, 1.165) is 65.0 Å². The standard InChI is InChI=1S/C28H34F3N3O4S/c1-27(2,3)32-16-18-10-11-24-19(12-18)6-4-9-25(24)33-26(36)15-21-14-22(35)17-34(21)39(37,38)23-8-5-7-20(13-23)28(29,30)31/h5,7-8,10-13,21,25,32H,4,6,9,14-17H2,1-3H3,(H,33,36)/t21-,25+/m0/s1. The third kappa shape index (κ3) is 7.06. The molecule has 1 aliphatic carbocycles. The Balaban J connectivity index is 1.46. The maximum atomic E-state index is 13.2. The van der Waals surface area contributed by atoms with Crippen molar-refractivity contribution in [1.82, 2.24) is 14.9 Å². The molecule has 0 saturated carbocycles. The van der Waals surface area contributed by atoms with Crippen LogP contribution in [-0.4, -0.2) is 42.5 Å². The zero-order chi connectivity index (χ0) is 28.6. The van der Waals surface area contributed by atoms with Gasteiger partial charge in [-0.1, -0.05) is 24.3 Å². The molecule has 2 aromatic carbocycles. The van der Waals surface area contributed by atoms with Gasteiger partial charge in [0.05, 0.1) is 23.0 Å². The minimum absolute atomic E-state index is 0.0173. The molecule has 11 heteroatoms. The molecule has 0 aromatic heterocycles. The maximum absolute atomic E-state index is 13.2. The summed E-state index contributed by atoms with van der Waals surface area (Å²) in [6.45, 7) is 6.54. The first-order valence-electron chi connectivity index (χ1n) is 13.0. The van der Waals surface area contributed by atoms with E-state index in [1.165, 1.54) is 0 Å². The van der Waals surface area contributed by atoms with Crippen LogP contribution in [0.15, 0.2) is 47.4 Å². The van der Waals surface area contributed by atoms with Crippen molar-refractivity contribution in [3.05, 3.63) is 64.7 Å². The van der Waals surface area contributed by atoms with Crippen LogP contribution < -0.4 is 10.6 Å². The van der Waals surface area contributed by atoms with E-state index in [1.54, 1.807) is 0 Å². The highest BCUT2D eigenvalue weighted by molar-refractivity contribution is 7.89. The molecule has 212 valence electrons. The average Bonchev–Trinajstić information content (AvgIpc) is 3.22. The quantitative estimate of drug-likeness (QED) is 0.515. The number of rotatable bonds is 7. The number of benzene rings is 2. The summed E-state index contributed by atoms with van der Waals surface area (Å²) in [7, 11) is -4.43. The molecule has 0 bridgehead atoms. The molecule has 0 radical (unpaired) electrons. The van der Waals surface area contributed by atoms with Crippen molar-refractivity contribution in [3.63, 3.8) is 0 Å². The second-order valence-corrected chi connectivity index (χ2v) is 13.2. The molecule has 1 saturated heterocycles. The van der Waals surface area contributed by atoms with Gasteiger partial charge in [0.1, 0.15) is 5.78 Å². The molecule has 1 aliphatic heterocycles. The highest BCUT2D eigenvalue weighted by Gasteiger charge is 2.41. The summed E-state index contributed by atoms with van der Waals surface area (Å²) in [6.07, 6.45) is -2.64. The lowest BCUT2D eigenvalue weighted by Gasteiger charge is -2.29. The monoisotopic (exact) mass is 565 g/mol. The molecule has 7 nitrogen and oxygen atoms in total. The van der Waals surface area contributed by atoms with Crippen molar-refractivity contribution in [3.8, 4) is 0 Å². The minimum Gasteiger partial charge on any atom is -0.349 e. The normalized spacial score (nSPS) is 20.6. The molecule has 1 heterocycles. The Morgan fingerprint density at radius 1 is 1.10 bits per heavy atom. The van der Waals surface area contributed by atoms with E-state index in [9.17, 15) is 31.2 Å². The van der Waals surface area contributed by atoms with Crippen LogP contribution in [-0.2, 0) is 38.8 Å². The summed E-state index contributed by atoms with van der Waals surface area (Å²) in [6, 6.07) is 8.40. The predicted octanol–water partition coefficient (Wildman–Crippen LogP) is 4.51. The molecule has 1 fully saturated rings. The summed E-state index contributed by atoms with van der Waals surface area (Å²) >= 11 is 0. The van der Waals surface area contributed by atoms with E-state index in [4.69, 9.17) is 0 Å². The van der Waals surface area contributed by atoms with Crippen LogP contribution in [0, 0.1) is 0 Å². The topological polar surface area (TPSA) is 95.6 Å². The summed E-state index contributed by atoms with van der Waals surface area (Å²) in [5.74, 6) is -0.793. The van der Waals surface area contributed by atoms with Gasteiger partial charge >= 0.3 is 6.18 Å². The number of fused-ring (bicyclic) bond motifs is 1. The van der Waals surface area contributed by atoms with Gasteiger partial charge in [-0.05, 0) is 74.9 Å². The van der Waals surface area contributed by atoms with Crippen molar-refractivity contribution < 1.29 is 31.2 Å². The first-order chi connectivity index (χ1) is 18.1. The van der Waals surface area contributed by atoms with Crippen molar-refractivity contribution in [2.75, 3.05) is 6.54 Å². The van der Waals surface area contributed by atoms with Crippen molar-refractivity contribution in [2.24, 2.45) is 0 Å². The summed E-state index contributed by atoms with van der Waals surface area (Å²) in [4.78, 5) is 24.7. The number of sulfonamides is 1. The SMILES string of the molecule is CC(C)(C)NCc1ccc2c(c1)CCC[C@H]2NC(=O)C[C@@H]1CC(=O)CN1S(=O)(=O)c1cccc(C(F)(F)F)c1. The lowest BCUT2D eigenvalue weighted by Crippen LogP contribution is -2.40. The van der Waals surface area contributed by atoms with E-state index >= 15 is 0 Å². The molecule has 1 amide bonds. The number of aryl methyl sites for hydroxylation is 1. The fraction of sp³-hybridized carbons (Fsp3) is 0.500. The summed E-state index contributed by atoms with van der Waals surface area (Å²) in [5.41, 5.74) is 2.21. The number of nitrogens with zero attached hydrogens (tertiary/aromatic N) is 1. The summed E-state index contributed by atoms with van der Waals surface area (Å²) < 4.78 is 66.8. The molecule has 2 aromatic rings. The number of hydrogen-bond acceptors (Lipinski definition) is 5. The predicted molar refractivity (Wildman–Crippen MR) is 140 cm³/mol. The number of amides is 1. The molecule has 2 atom stereocenters. The number of carbonyl (C=O) groups is 2. The number of nitrogens with one attached hydrogen (secondary N) is 2. The molecule has 0 spiro atoms. The van der Waals surface area contributed by atoms with Crippen LogP contribution in [0.3, 0.4) is 0 Å². The van der Waals surface area contributed by atoms with E-state index < -0.39 is 45.2 Å². The molecular weight excluding hydrogens is 531 g/mol. The van der Waals surface area contributed by atoms with Gasteiger partial charge in [0, 0.05) is 31.0 Å². The third-order valence-electron chi connectivity index (χ3n) is 7.07. The fourth-order valence-electron chi connectivity index (χ4n) is 5.12. The Morgan fingerprint density at radius 3 is 2.54 bits per heavy atom. The zero-order valence-electron chi connectivity index (χ0n) is 22.3. The third-order valence-corrected chi connectivity index (χ3v) is 8.97. The Hall–Kier alpha value is -2.76. The maximum Gasteiger partial charge on any atom is 0.416 e. The Kier molecular flexibility index (Phi) is 8.26. The number of hydrogen-bond donors (Lipinski definition) is 2. The van der Waals surface area contributed by atoms with Gasteiger partial charge in [-0.25, -0.2) is 8.42 Å². The van der Waals surface area contributed by atoms with Crippen LogP contribution >= 0.6 is 0 Å². The van der Waals surface area contributed by atoms with Crippen LogP contribution in [0.5, 0.6) is 0 Å². The van der Waals surface area contributed by atoms with E-state index in [1.807, 2.05) is 12.1 Å². The Morgan fingerprint density at radius 2 is 1.85 bits per heavy atom. The van der Waals surface area contributed by atoms with Gasteiger partial charge in [0.15, 0.2) is 0 Å². The highest BCUT2D eigenvalue weighted by Crippen LogP contribution is 2.34. The van der Waals surface area contributed by atoms with Crippen molar-refractivity contribution >= 4 is 21.7 Å². The van der Waals surface area contributed by atoms with Gasteiger partial charge in [-0.2, -0.15) is 17.5 Å². The molecule has 0 unspecified atom stereocenters. The number of ketones is 1. The average molecular weight is 566 g/mol. The van der Waals surface area contributed by atoms with Crippen LogP contribution in [0.2, 0.25) is 0 Å². The first-order valence-corrected chi connectivity index (χ1v) is 14.4. The minimum atomic E-state index is -4.72. The van der Waals surface area contributed by atoms with E-state index in [2.05, 4.69) is 37.5 Å². The molecule has 4 rings (SSSR count). The van der Waals surface area contributed by atoms with Gasteiger partial charge in [-0.15, -0.1) is 0 Å². The van der Waals surface area contributed by atoms with Gasteiger partial charge in [0.2, 0.25) is 15.9 Å². The van der Waals surface area contributed by atoms with Crippen LogP contribution in [0.4, 0.5) is 13.2 Å². The van der Waals surface area contributed by atoms with Crippen LogP contribution in [0.25, 0.3) is 0 Å². The molecule has 39 heavy (non-hydrogen) atoms. The Bertz CT molecular complexity index is 1350. The van der Waals surface area contributed by atoms with E-state index in [-0.39, 0.29) is 30.2 Å². The number of halogens is 3. The first kappa shape index (κ1) is 29.2. The van der Waals surface area contributed by atoms with Crippen LogP contribution in [0.1, 0.15) is 74.8 Å². The zero-order valence-corrected chi connectivity index (χ0v) is 23.1. The fourth-order valence-corrected chi connectivity index (χ4v) is 6.77. The molecule has 2 N–H and O–H groups in total. The number of Topliss-reactive ketones (excluding diaryl/α,β-unsaturated/α-hetero) is 1. The Labute approximate surface area is 227 Å². The lowest BCUT2D eigenvalue weighted by atomic mass is 9.86. The smallest absolute Gasteiger partial charge is 0.349 e. The van der Waals surface area contributed by atoms with Gasteiger partial charge < -0.3 is 10.6 Å². The second kappa shape index (κ2) is 11.0. The van der Waals surface area contributed by atoms with E-state index in [0.29, 0.717) is 6.07 Å². The van der Waals surface area contributed by atoms with Gasteiger partial charge in [-0.3, -0.25) is 9.59 Å². The van der Waals surface area contributed by atoms with Gasteiger partial charge in [0.25, 0.3) is 0 Å². The second-order valence-electron chi connectivity index (χ2n) is 11.3. The summed E-state index contributed by atoms with van der Waals surface area (Å²) in [5, 5.41) is 6.46. The molecule has 2 aliphatic rings. The number of carbonyl (C=O) groups excluding carboxylic acids is 2. The van der Waals surface area contributed by atoms with Crippen molar-refractivity contribution in [1.29, 1.82) is 0 Å². The number of alkyl halides is 3. The largest absolute Gasteiger partial charge is 0.416 e. The lowest BCUT2D eigenvalue weighted by molar-refractivity contribution is -0.137. The highest BCUT2D eigenvalue weighted by atomic mass is 32.2. The van der Waals surface area contributed by atoms with Crippen molar-refractivity contribution in [2.45, 2.75) is 88.1 Å². The molecular formula is C28H34F3N3O4S.